The molecule has 0 spiro atoms. The minimum Gasteiger partial charge on any atom is -0.481 e. The summed E-state index contributed by atoms with van der Waals surface area (Å²) >= 11 is 0. The van der Waals surface area contributed by atoms with Crippen molar-refractivity contribution in [2.75, 3.05) is 6.54 Å². The van der Waals surface area contributed by atoms with E-state index >= 15 is 0 Å². The molecule has 0 aromatic carbocycles. The zero-order valence-corrected chi connectivity index (χ0v) is 14.9. The third-order valence-electron chi connectivity index (χ3n) is 3.35. The number of hydrogen-bond acceptors (Lipinski definition) is 7. The van der Waals surface area contributed by atoms with Crippen LogP contribution in [0, 0.1) is 5.92 Å². The number of carbonyl (C=O) groups is 4. The Balaban J connectivity index is 0. The topological polar surface area (TPSA) is 213 Å². The Morgan fingerprint density at radius 1 is 1.04 bits per heavy atom. The molecule has 0 saturated carbocycles. The lowest BCUT2D eigenvalue weighted by molar-refractivity contribution is -0.141. The lowest BCUT2D eigenvalue weighted by Gasteiger charge is -2.07. The van der Waals surface area contributed by atoms with Crippen molar-refractivity contribution in [2.45, 2.75) is 57.7 Å². The second kappa shape index (κ2) is 14.0. The van der Waals surface area contributed by atoms with Gasteiger partial charge in [0.1, 0.15) is 18.1 Å². The van der Waals surface area contributed by atoms with Gasteiger partial charge in [-0.3, -0.25) is 19.2 Å². The summed E-state index contributed by atoms with van der Waals surface area (Å²) in [5.74, 6) is -3.83. The molecule has 0 bridgehead atoms. The zero-order valence-electron chi connectivity index (χ0n) is 14.9. The number of aliphatic carboxylic acids is 4. The SMILES string of the molecule is CC(C)C(N)C(=O)O.NC(CCC(=O)O)C(=O)O.O=C(O)[C@@H]1CCCN1. The molecule has 0 radical (unpaired) electrons. The minimum absolute atomic E-state index is 0.0208. The summed E-state index contributed by atoms with van der Waals surface area (Å²) in [6, 6.07) is -2.04. The number of carboxylic acids is 4. The van der Waals surface area contributed by atoms with Gasteiger partial charge in [0.25, 0.3) is 0 Å². The van der Waals surface area contributed by atoms with Crippen molar-refractivity contribution >= 4 is 23.9 Å². The Labute approximate surface area is 151 Å². The van der Waals surface area contributed by atoms with Crippen LogP contribution in [0.2, 0.25) is 0 Å². The maximum absolute atomic E-state index is 10.1. The molecule has 1 rings (SSSR count). The quantitative estimate of drug-likeness (QED) is 0.289. The molecule has 11 heteroatoms. The average Bonchev–Trinajstić information content (AvgIpc) is 3.07. The van der Waals surface area contributed by atoms with E-state index in [4.69, 9.17) is 31.9 Å². The first-order chi connectivity index (χ1) is 11.9. The average molecular weight is 379 g/mol. The van der Waals surface area contributed by atoms with E-state index in [2.05, 4.69) is 5.32 Å². The van der Waals surface area contributed by atoms with E-state index in [9.17, 15) is 19.2 Å². The Bertz CT molecular complexity index is 452. The monoisotopic (exact) mass is 379 g/mol. The third-order valence-corrected chi connectivity index (χ3v) is 3.35. The van der Waals surface area contributed by atoms with Crippen LogP contribution in [0.25, 0.3) is 0 Å². The second-order valence-electron chi connectivity index (χ2n) is 5.97. The van der Waals surface area contributed by atoms with Gasteiger partial charge in [-0.15, -0.1) is 0 Å². The molecule has 9 N–H and O–H groups in total. The maximum atomic E-state index is 10.1. The van der Waals surface area contributed by atoms with Gasteiger partial charge in [-0.05, 0) is 31.7 Å². The van der Waals surface area contributed by atoms with E-state index in [1.165, 1.54) is 0 Å². The smallest absolute Gasteiger partial charge is 0.320 e. The van der Waals surface area contributed by atoms with Gasteiger partial charge in [0.2, 0.25) is 0 Å². The van der Waals surface area contributed by atoms with Crippen LogP contribution < -0.4 is 16.8 Å². The molecule has 0 aromatic rings. The molecule has 0 aromatic heterocycles. The van der Waals surface area contributed by atoms with Crippen LogP contribution in [0.5, 0.6) is 0 Å². The molecule has 26 heavy (non-hydrogen) atoms. The summed E-state index contributed by atoms with van der Waals surface area (Å²) in [6.45, 7) is 4.41. The number of hydrogen-bond donors (Lipinski definition) is 7. The standard InChI is InChI=1S/C5H9NO4.C5H9NO2.C5H11NO2/c6-3(5(9)10)1-2-4(7)8;7-5(8)4-2-1-3-6-4;1-3(2)4(6)5(7)8/h3H,1-2,6H2,(H,7,8)(H,9,10);4,6H,1-3H2,(H,7,8);3-4H,6H2,1-2H3,(H,7,8)/t;4-;/m.0./s1. The van der Waals surface area contributed by atoms with Gasteiger partial charge in [0.05, 0.1) is 0 Å². The van der Waals surface area contributed by atoms with Gasteiger partial charge in [0, 0.05) is 6.42 Å². The Morgan fingerprint density at radius 3 is 1.77 bits per heavy atom. The molecule has 1 heterocycles. The molecule has 0 amide bonds. The Kier molecular flexibility index (Phi) is 14.0. The highest BCUT2D eigenvalue weighted by molar-refractivity contribution is 5.75. The molecule has 1 aliphatic rings. The van der Waals surface area contributed by atoms with Crippen molar-refractivity contribution in [1.29, 1.82) is 0 Å². The highest BCUT2D eigenvalue weighted by Gasteiger charge is 2.20. The molecule has 0 aliphatic carbocycles. The summed E-state index contributed by atoms with van der Waals surface area (Å²) in [4.78, 5) is 40.0. The normalized spacial score (nSPS) is 17.8. The highest BCUT2D eigenvalue weighted by atomic mass is 16.4. The lowest BCUT2D eigenvalue weighted by Crippen LogP contribution is -2.34. The van der Waals surface area contributed by atoms with Gasteiger partial charge in [-0.25, -0.2) is 0 Å². The van der Waals surface area contributed by atoms with E-state index in [0.717, 1.165) is 19.4 Å². The lowest BCUT2D eigenvalue weighted by atomic mass is 10.1. The fraction of sp³-hybridized carbons (Fsp3) is 0.733. The molecule has 3 atom stereocenters. The summed E-state index contributed by atoms with van der Waals surface area (Å²) in [6.07, 6.45) is 1.56. The Morgan fingerprint density at radius 2 is 1.58 bits per heavy atom. The fourth-order valence-corrected chi connectivity index (χ4v) is 1.58. The number of nitrogens with two attached hydrogens (primary N) is 2. The predicted octanol–water partition coefficient (Wildman–Crippen LogP) is -0.860. The number of carboxylic acid groups (broad SMARTS) is 4. The molecule has 1 fully saturated rings. The van der Waals surface area contributed by atoms with Crippen molar-refractivity contribution in [1.82, 2.24) is 5.32 Å². The van der Waals surface area contributed by atoms with E-state index < -0.39 is 36.0 Å². The summed E-state index contributed by atoms with van der Waals surface area (Å²) in [7, 11) is 0. The maximum Gasteiger partial charge on any atom is 0.320 e. The number of rotatable bonds is 7. The van der Waals surface area contributed by atoms with Crippen LogP contribution in [0.15, 0.2) is 0 Å². The Hall–Kier alpha value is -2.24. The molecule has 11 nitrogen and oxygen atoms in total. The first-order valence-electron chi connectivity index (χ1n) is 8.04. The van der Waals surface area contributed by atoms with E-state index in [0.29, 0.717) is 0 Å². The van der Waals surface area contributed by atoms with Crippen LogP contribution >= 0.6 is 0 Å². The molecule has 1 aliphatic heterocycles. The first-order valence-corrected chi connectivity index (χ1v) is 8.04. The van der Waals surface area contributed by atoms with Crippen molar-refractivity contribution in [2.24, 2.45) is 17.4 Å². The summed E-state index contributed by atoms with van der Waals surface area (Å²) < 4.78 is 0. The van der Waals surface area contributed by atoms with Crippen LogP contribution in [-0.2, 0) is 19.2 Å². The van der Waals surface area contributed by atoms with Crippen molar-refractivity contribution in [3.05, 3.63) is 0 Å². The molecule has 152 valence electrons. The molecule has 2 unspecified atom stereocenters. The van der Waals surface area contributed by atoms with Gasteiger partial charge in [-0.1, -0.05) is 13.8 Å². The highest BCUT2D eigenvalue weighted by Crippen LogP contribution is 2.03. The minimum atomic E-state index is -1.17. The van der Waals surface area contributed by atoms with Gasteiger partial charge in [0.15, 0.2) is 0 Å². The van der Waals surface area contributed by atoms with Gasteiger partial charge < -0.3 is 37.2 Å². The van der Waals surface area contributed by atoms with Crippen LogP contribution in [0.3, 0.4) is 0 Å². The predicted molar refractivity (Wildman–Crippen MR) is 91.6 cm³/mol. The van der Waals surface area contributed by atoms with Crippen molar-refractivity contribution < 1.29 is 39.6 Å². The summed E-state index contributed by atoms with van der Waals surface area (Å²) in [5, 5.41) is 35.7. The van der Waals surface area contributed by atoms with Crippen molar-refractivity contribution in [3.8, 4) is 0 Å². The van der Waals surface area contributed by atoms with Crippen LogP contribution in [0.1, 0.15) is 39.5 Å². The first kappa shape index (κ1) is 26.0. The third kappa shape index (κ3) is 14.1. The summed E-state index contributed by atoms with van der Waals surface area (Å²) in [5.41, 5.74) is 10.2. The molecular formula is C15H29N3O8. The van der Waals surface area contributed by atoms with E-state index in [-0.39, 0.29) is 24.8 Å². The zero-order chi connectivity index (χ0) is 20.9. The van der Waals surface area contributed by atoms with Gasteiger partial charge in [-0.2, -0.15) is 0 Å². The molecule has 1 saturated heterocycles. The number of nitrogens with one attached hydrogen (secondary N) is 1. The van der Waals surface area contributed by atoms with Gasteiger partial charge >= 0.3 is 23.9 Å². The van der Waals surface area contributed by atoms with E-state index in [1.807, 2.05) is 0 Å². The molecular weight excluding hydrogens is 350 g/mol. The second-order valence-corrected chi connectivity index (χ2v) is 5.97. The van der Waals surface area contributed by atoms with E-state index in [1.54, 1.807) is 13.8 Å². The fourth-order valence-electron chi connectivity index (χ4n) is 1.58. The largest absolute Gasteiger partial charge is 0.481 e. The van der Waals surface area contributed by atoms with Crippen molar-refractivity contribution in [3.63, 3.8) is 0 Å². The van der Waals surface area contributed by atoms with Crippen LogP contribution in [-0.4, -0.2) is 69.0 Å². The van der Waals surface area contributed by atoms with Crippen LogP contribution in [0.4, 0.5) is 0 Å².